The first kappa shape index (κ1) is 19.7. The summed E-state index contributed by atoms with van der Waals surface area (Å²) in [5, 5.41) is 0. The van der Waals surface area contributed by atoms with Crippen molar-refractivity contribution in [2.24, 2.45) is 0 Å². The lowest BCUT2D eigenvalue weighted by atomic mass is 9.86. The number of allylic oxidation sites excluding steroid dienone is 1. The first-order valence-corrected chi connectivity index (χ1v) is 8.16. The fraction of sp³-hybridized carbons (Fsp3) is 0.250. The van der Waals surface area contributed by atoms with Crippen molar-refractivity contribution >= 4 is 19.0 Å². The van der Waals surface area contributed by atoms with E-state index in [1.54, 1.807) is 36.4 Å². The third-order valence-corrected chi connectivity index (χ3v) is 3.89. The summed E-state index contributed by atoms with van der Waals surface area (Å²) in [4.78, 5) is 12.4. The van der Waals surface area contributed by atoms with Crippen LogP contribution in [0, 0.1) is 0 Å². The highest BCUT2D eigenvalue weighted by Gasteiger charge is 2.22. The van der Waals surface area contributed by atoms with Crippen LogP contribution in [-0.2, 0) is 10.1 Å². The summed E-state index contributed by atoms with van der Waals surface area (Å²) in [6.45, 7) is 6.17. The minimum Gasteiger partial charge on any atom is -0.505 e. The van der Waals surface area contributed by atoms with Crippen molar-refractivity contribution in [1.82, 2.24) is 0 Å². The zero-order valence-electron chi connectivity index (χ0n) is 15.3. The van der Waals surface area contributed by atoms with Crippen LogP contribution in [0.4, 0.5) is 8.63 Å². The van der Waals surface area contributed by atoms with Gasteiger partial charge < -0.3 is 9.39 Å². The fourth-order valence-corrected chi connectivity index (χ4v) is 2.37. The molecule has 0 aromatic heterocycles. The molecular formula is C20H21BF2O3. The van der Waals surface area contributed by atoms with E-state index < -0.39 is 13.3 Å². The first-order chi connectivity index (χ1) is 12.2. The van der Waals surface area contributed by atoms with E-state index in [2.05, 4.69) is 25.4 Å². The van der Waals surface area contributed by atoms with Crippen molar-refractivity contribution in [3.8, 4) is 5.75 Å². The maximum Gasteiger partial charge on any atom is 0.796 e. The zero-order chi connectivity index (χ0) is 19.3. The number of benzene rings is 2. The van der Waals surface area contributed by atoms with E-state index in [0.29, 0.717) is 16.9 Å². The molecule has 0 saturated heterocycles. The maximum atomic E-state index is 12.8. The molecule has 26 heavy (non-hydrogen) atoms. The minimum absolute atomic E-state index is 0.0646. The molecule has 2 aromatic rings. The van der Waals surface area contributed by atoms with Crippen LogP contribution in [0.5, 0.6) is 5.75 Å². The molecule has 2 rings (SSSR count). The normalized spacial score (nSPS) is 11.8. The highest BCUT2D eigenvalue weighted by atomic mass is 19.2. The number of ether oxygens (including phenoxy) is 1. The van der Waals surface area contributed by atoms with E-state index >= 15 is 0 Å². The van der Waals surface area contributed by atoms with E-state index in [4.69, 9.17) is 4.74 Å². The van der Waals surface area contributed by atoms with Crippen LogP contribution < -0.4 is 4.74 Å². The van der Waals surface area contributed by atoms with Crippen LogP contribution in [0.2, 0.25) is 0 Å². The minimum atomic E-state index is -3.02. The van der Waals surface area contributed by atoms with Crippen molar-refractivity contribution < 1.29 is 22.8 Å². The van der Waals surface area contributed by atoms with Gasteiger partial charge in [0.25, 0.3) is 0 Å². The van der Waals surface area contributed by atoms with Gasteiger partial charge >= 0.3 is 7.47 Å². The molecule has 0 heterocycles. The highest BCUT2D eigenvalue weighted by Crippen LogP contribution is 2.26. The third kappa shape index (κ3) is 5.18. The molecule has 3 nitrogen and oxygen atoms in total. The van der Waals surface area contributed by atoms with Crippen molar-refractivity contribution in [2.45, 2.75) is 26.2 Å². The third-order valence-electron chi connectivity index (χ3n) is 3.89. The summed E-state index contributed by atoms with van der Waals surface area (Å²) in [5.41, 5.74) is 1.76. The van der Waals surface area contributed by atoms with E-state index in [9.17, 15) is 13.4 Å². The highest BCUT2D eigenvalue weighted by molar-refractivity contribution is 6.36. The molecule has 0 amide bonds. The summed E-state index contributed by atoms with van der Waals surface area (Å²) in [7, 11) is -1.50. The summed E-state index contributed by atoms with van der Waals surface area (Å²) in [6.07, 6.45) is 1.08. The van der Waals surface area contributed by atoms with Crippen molar-refractivity contribution in [2.75, 3.05) is 7.11 Å². The predicted molar refractivity (Wildman–Crippen MR) is 99.5 cm³/mol. The van der Waals surface area contributed by atoms with Crippen LogP contribution in [-0.4, -0.2) is 20.4 Å². The smallest absolute Gasteiger partial charge is 0.505 e. The fourth-order valence-electron chi connectivity index (χ4n) is 2.37. The van der Waals surface area contributed by atoms with Gasteiger partial charge in [-0.3, -0.25) is 4.79 Å². The number of carbonyl (C=O) groups is 1. The molecule has 0 spiro atoms. The Bertz CT molecular complexity index is 776. The van der Waals surface area contributed by atoms with Crippen LogP contribution in [0.3, 0.4) is 0 Å². The molecule has 0 unspecified atom stereocenters. The lowest BCUT2D eigenvalue weighted by Crippen LogP contribution is -2.11. The Morgan fingerprint density at radius 2 is 1.50 bits per heavy atom. The zero-order valence-corrected chi connectivity index (χ0v) is 15.3. The molecule has 0 fully saturated rings. The van der Waals surface area contributed by atoms with Gasteiger partial charge in [-0.25, -0.2) is 8.63 Å². The molecule has 136 valence electrons. The van der Waals surface area contributed by atoms with E-state index in [-0.39, 0.29) is 11.2 Å². The largest absolute Gasteiger partial charge is 0.796 e. The molecule has 0 bridgehead atoms. The number of hydrogen-bond donors (Lipinski definition) is 0. The average Bonchev–Trinajstić information content (AvgIpc) is 2.60. The molecule has 0 radical (unpaired) electrons. The molecule has 0 saturated carbocycles. The van der Waals surface area contributed by atoms with E-state index in [1.165, 1.54) is 7.11 Å². The number of rotatable bonds is 6. The van der Waals surface area contributed by atoms with Crippen molar-refractivity contribution in [1.29, 1.82) is 0 Å². The van der Waals surface area contributed by atoms with Crippen LogP contribution >= 0.6 is 0 Å². The van der Waals surface area contributed by atoms with Gasteiger partial charge in [0.1, 0.15) is 11.5 Å². The summed E-state index contributed by atoms with van der Waals surface area (Å²) in [5.74, 6) is 0.0110. The van der Waals surface area contributed by atoms with Crippen LogP contribution in [0.15, 0.2) is 54.6 Å². The van der Waals surface area contributed by atoms with E-state index in [1.807, 2.05) is 12.1 Å². The van der Waals surface area contributed by atoms with Gasteiger partial charge in [0.15, 0.2) is 5.78 Å². The van der Waals surface area contributed by atoms with Gasteiger partial charge in [-0.05, 0) is 35.2 Å². The number of hydrogen-bond acceptors (Lipinski definition) is 3. The Hall–Kier alpha value is -2.63. The Kier molecular flexibility index (Phi) is 6.19. The van der Waals surface area contributed by atoms with Crippen LogP contribution in [0.25, 0.3) is 5.76 Å². The van der Waals surface area contributed by atoms with Gasteiger partial charge in [0.2, 0.25) is 0 Å². The lowest BCUT2D eigenvalue weighted by Gasteiger charge is -2.19. The first-order valence-electron chi connectivity index (χ1n) is 8.16. The van der Waals surface area contributed by atoms with Gasteiger partial charge in [-0.15, -0.1) is 0 Å². The standard InChI is InChI=1S/C20H21BF2O3/c1-20(2,3)16-9-5-15(6-10-16)19(26-21(22)23)13-18(24)14-7-11-17(25-4)12-8-14/h5-13H,1-4H3/b19-13-. The molecule has 0 atom stereocenters. The van der Waals surface area contributed by atoms with Gasteiger partial charge in [0, 0.05) is 17.2 Å². The van der Waals surface area contributed by atoms with Gasteiger partial charge in [-0.2, -0.15) is 0 Å². The molecule has 2 aromatic carbocycles. The second kappa shape index (κ2) is 8.17. The number of methoxy groups -OCH3 is 1. The number of ketones is 1. The van der Waals surface area contributed by atoms with Crippen molar-refractivity contribution in [3.05, 3.63) is 71.3 Å². The molecule has 0 aliphatic heterocycles. The average molecular weight is 358 g/mol. The summed E-state index contributed by atoms with van der Waals surface area (Å²) < 4.78 is 35.2. The monoisotopic (exact) mass is 358 g/mol. The molecule has 0 aliphatic rings. The molecule has 0 N–H and O–H groups in total. The topological polar surface area (TPSA) is 35.5 Å². The quantitative estimate of drug-likeness (QED) is 0.310. The Morgan fingerprint density at radius 3 is 1.96 bits per heavy atom. The number of halogens is 2. The SMILES string of the molecule is COc1ccc(C(=O)/C=C(\OB(F)F)c2ccc(C(C)(C)C)cc2)cc1. The Labute approximate surface area is 152 Å². The van der Waals surface area contributed by atoms with Gasteiger partial charge in [0.05, 0.1) is 7.11 Å². The summed E-state index contributed by atoms with van der Waals surface area (Å²) in [6, 6.07) is 13.4. The van der Waals surface area contributed by atoms with Gasteiger partial charge in [-0.1, -0.05) is 45.0 Å². The molecular weight excluding hydrogens is 337 g/mol. The van der Waals surface area contributed by atoms with Crippen molar-refractivity contribution in [3.63, 3.8) is 0 Å². The predicted octanol–water partition coefficient (Wildman–Crippen LogP) is 5.16. The maximum absolute atomic E-state index is 12.8. The van der Waals surface area contributed by atoms with E-state index in [0.717, 1.165) is 11.6 Å². The molecule has 6 heteroatoms. The Morgan fingerprint density at radius 1 is 0.962 bits per heavy atom. The number of carbonyl (C=O) groups excluding carboxylic acids is 1. The second-order valence-corrected chi connectivity index (χ2v) is 6.81. The lowest BCUT2D eigenvalue weighted by molar-refractivity contribution is 0.104. The molecule has 0 aliphatic carbocycles. The van der Waals surface area contributed by atoms with Crippen LogP contribution in [0.1, 0.15) is 42.3 Å². The summed E-state index contributed by atoms with van der Waals surface area (Å²) >= 11 is 0. The second-order valence-electron chi connectivity index (χ2n) is 6.81. The Balaban J connectivity index is 2.33.